The van der Waals surface area contributed by atoms with Crippen molar-refractivity contribution in [2.24, 2.45) is 5.10 Å². The largest absolute Gasteiger partial charge is 0.354 e. The first kappa shape index (κ1) is 12.2. The van der Waals surface area contributed by atoms with E-state index in [2.05, 4.69) is 38.6 Å². The maximum atomic E-state index is 5.28. The standard InChI is InChI=1S/C14H16N4S/c19-14(18-7-3-4-8-18)17-15-10-12-9-11-5-1-2-6-13(11)16-12/h1-2,5-6,9-10,16H,3-4,7-8H2,(H,17,19). The van der Waals surface area contributed by atoms with Gasteiger partial charge in [-0.3, -0.25) is 5.43 Å². The van der Waals surface area contributed by atoms with Crippen LogP contribution >= 0.6 is 12.2 Å². The zero-order valence-electron chi connectivity index (χ0n) is 10.6. The lowest BCUT2D eigenvalue weighted by atomic mass is 10.2. The highest BCUT2D eigenvalue weighted by Crippen LogP contribution is 2.13. The molecule has 0 spiro atoms. The van der Waals surface area contributed by atoms with Gasteiger partial charge in [0.1, 0.15) is 0 Å². The molecule has 0 radical (unpaired) electrons. The van der Waals surface area contributed by atoms with E-state index in [0.29, 0.717) is 5.11 Å². The third kappa shape index (κ3) is 2.76. The number of H-pyrrole nitrogens is 1. The Hall–Kier alpha value is -1.88. The average Bonchev–Trinajstić information content (AvgIpc) is 3.07. The predicted octanol–water partition coefficient (Wildman–Crippen LogP) is 2.47. The number of aromatic nitrogens is 1. The van der Waals surface area contributed by atoms with Crippen molar-refractivity contribution in [2.75, 3.05) is 13.1 Å². The number of nitrogens with one attached hydrogen (secondary N) is 2. The number of aromatic amines is 1. The van der Waals surface area contributed by atoms with E-state index < -0.39 is 0 Å². The maximum absolute atomic E-state index is 5.28. The summed E-state index contributed by atoms with van der Waals surface area (Å²) in [5.41, 5.74) is 5.01. The zero-order chi connectivity index (χ0) is 13.1. The second-order valence-corrected chi connectivity index (χ2v) is 5.07. The molecule has 98 valence electrons. The summed E-state index contributed by atoms with van der Waals surface area (Å²) in [5.74, 6) is 0. The number of para-hydroxylation sites is 1. The van der Waals surface area contributed by atoms with Crippen molar-refractivity contribution in [1.82, 2.24) is 15.3 Å². The average molecular weight is 272 g/mol. The summed E-state index contributed by atoms with van der Waals surface area (Å²) in [6.07, 6.45) is 4.20. The quantitative estimate of drug-likeness (QED) is 0.501. The molecule has 0 unspecified atom stereocenters. The second kappa shape index (κ2) is 5.40. The van der Waals surface area contributed by atoms with Crippen molar-refractivity contribution in [2.45, 2.75) is 12.8 Å². The smallest absolute Gasteiger partial charge is 0.189 e. The summed E-state index contributed by atoms with van der Waals surface area (Å²) in [6, 6.07) is 10.2. The Morgan fingerprint density at radius 2 is 2.11 bits per heavy atom. The van der Waals surface area contributed by atoms with Crippen molar-refractivity contribution >= 4 is 34.4 Å². The minimum atomic E-state index is 0.713. The Morgan fingerprint density at radius 1 is 1.32 bits per heavy atom. The number of nitrogens with zero attached hydrogens (tertiary/aromatic N) is 2. The number of hydrogen-bond donors (Lipinski definition) is 2. The Morgan fingerprint density at radius 3 is 2.89 bits per heavy atom. The first-order chi connectivity index (χ1) is 9.33. The summed E-state index contributed by atoms with van der Waals surface area (Å²) >= 11 is 5.28. The summed E-state index contributed by atoms with van der Waals surface area (Å²) in [7, 11) is 0. The summed E-state index contributed by atoms with van der Waals surface area (Å²) < 4.78 is 0. The van der Waals surface area contributed by atoms with Gasteiger partial charge in [-0.1, -0.05) is 18.2 Å². The maximum Gasteiger partial charge on any atom is 0.189 e. The molecular formula is C14H16N4S. The molecule has 0 atom stereocenters. The lowest BCUT2D eigenvalue weighted by Gasteiger charge is -2.16. The molecule has 1 aliphatic heterocycles. The SMILES string of the molecule is S=C(NN=Cc1cc2ccccc2[nH]1)N1CCCC1. The van der Waals surface area contributed by atoms with Crippen molar-refractivity contribution in [1.29, 1.82) is 0 Å². The molecule has 1 fully saturated rings. The van der Waals surface area contributed by atoms with E-state index in [4.69, 9.17) is 12.2 Å². The van der Waals surface area contributed by atoms with Crippen LogP contribution < -0.4 is 5.43 Å². The van der Waals surface area contributed by atoms with Crippen LogP contribution in [0.5, 0.6) is 0 Å². The van der Waals surface area contributed by atoms with Gasteiger partial charge in [-0.15, -0.1) is 0 Å². The fourth-order valence-corrected chi connectivity index (χ4v) is 2.55. The van der Waals surface area contributed by atoms with Crippen LogP contribution in [0.3, 0.4) is 0 Å². The molecule has 2 N–H and O–H groups in total. The number of fused-ring (bicyclic) bond motifs is 1. The number of thiocarbonyl (C=S) groups is 1. The molecule has 2 heterocycles. The van der Waals surface area contributed by atoms with Crippen LogP contribution in [-0.4, -0.2) is 34.3 Å². The van der Waals surface area contributed by atoms with Gasteiger partial charge in [-0.05, 0) is 37.2 Å². The Kier molecular flexibility index (Phi) is 3.46. The van der Waals surface area contributed by atoms with E-state index in [1.165, 1.54) is 18.2 Å². The van der Waals surface area contributed by atoms with Crippen molar-refractivity contribution in [3.05, 3.63) is 36.0 Å². The highest BCUT2D eigenvalue weighted by atomic mass is 32.1. The first-order valence-electron chi connectivity index (χ1n) is 6.49. The van der Waals surface area contributed by atoms with Gasteiger partial charge < -0.3 is 9.88 Å². The first-order valence-corrected chi connectivity index (χ1v) is 6.89. The van der Waals surface area contributed by atoms with Gasteiger partial charge in [0, 0.05) is 24.0 Å². The number of hydrazone groups is 1. The summed E-state index contributed by atoms with van der Waals surface area (Å²) in [4.78, 5) is 5.44. The van der Waals surface area contributed by atoms with Crippen LogP contribution in [0, 0.1) is 0 Å². The predicted molar refractivity (Wildman–Crippen MR) is 82.4 cm³/mol. The molecule has 4 nitrogen and oxygen atoms in total. The lowest BCUT2D eigenvalue weighted by Crippen LogP contribution is -2.34. The van der Waals surface area contributed by atoms with Gasteiger partial charge in [-0.25, -0.2) is 0 Å². The van der Waals surface area contributed by atoms with Crippen molar-refractivity contribution in [3.8, 4) is 0 Å². The number of likely N-dealkylation sites (tertiary alicyclic amines) is 1. The molecule has 0 saturated carbocycles. The number of rotatable bonds is 2. The molecule has 0 amide bonds. The monoisotopic (exact) mass is 272 g/mol. The van der Waals surface area contributed by atoms with Crippen LogP contribution in [-0.2, 0) is 0 Å². The van der Waals surface area contributed by atoms with E-state index in [1.807, 2.05) is 12.1 Å². The van der Waals surface area contributed by atoms with Gasteiger partial charge in [0.15, 0.2) is 5.11 Å². The molecule has 1 aliphatic rings. The number of benzene rings is 1. The molecule has 1 saturated heterocycles. The minimum absolute atomic E-state index is 0.713. The van der Waals surface area contributed by atoms with Gasteiger partial charge in [-0.2, -0.15) is 5.10 Å². The zero-order valence-corrected chi connectivity index (χ0v) is 11.4. The molecule has 19 heavy (non-hydrogen) atoms. The fourth-order valence-electron chi connectivity index (χ4n) is 2.31. The van der Waals surface area contributed by atoms with Crippen LogP contribution in [0.1, 0.15) is 18.5 Å². The highest BCUT2D eigenvalue weighted by Gasteiger charge is 2.13. The van der Waals surface area contributed by atoms with Crippen LogP contribution in [0.2, 0.25) is 0 Å². The molecule has 0 bridgehead atoms. The summed E-state index contributed by atoms with van der Waals surface area (Å²) in [6.45, 7) is 2.07. The molecule has 1 aromatic carbocycles. The molecule has 0 aliphatic carbocycles. The van der Waals surface area contributed by atoms with Crippen LogP contribution in [0.15, 0.2) is 35.4 Å². The minimum Gasteiger partial charge on any atom is -0.354 e. The molecule has 2 aromatic rings. The van der Waals surface area contributed by atoms with Gasteiger partial charge in [0.2, 0.25) is 0 Å². The van der Waals surface area contributed by atoms with Crippen LogP contribution in [0.25, 0.3) is 10.9 Å². The van der Waals surface area contributed by atoms with Gasteiger partial charge >= 0.3 is 0 Å². The van der Waals surface area contributed by atoms with Crippen molar-refractivity contribution < 1.29 is 0 Å². The van der Waals surface area contributed by atoms with E-state index in [9.17, 15) is 0 Å². The fraction of sp³-hybridized carbons (Fsp3) is 0.286. The van der Waals surface area contributed by atoms with E-state index >= 15 is 0 Å². The lowest BCUT2D eigenvalue weighted by molar-refractivity contribution is 0.509. The molecular weight excluding hydrogens is 256 g/mol. The van der Waals surface area contributed by atoms with Gasteiger partial charge in [0.25, 0.3) is 0 Å². The van der Waals surface area contributed by atoms with E-state index in [1.54, 1.807) is 6.21 Å². The Labute approximate surface area is 117 Å². The van der Waals surface area contributed by atoms with Gasteiger partial charge in [0.05, 0.1) is 11.9 Å². The normalized spacial score (nSPS) is 15.5. The Balaban J connectivity index is 1.64. The molecule has 3 rings (SSSR count). The number of hydrogen-bond acceptors (Lipinski definition) is 2. The van der Waals surface area contributed by atoms with Crippen LogP contribution in [0.4, 0.5) is 0 Å². The third-order valence-corrected chi connectivity index (χ3v) is 3.66. The third-order valence-electron chi connectivity index (χ3n) is 3.31. The Bertz CT molecular complexity index is 578. The van der Waals surface area contributed by atoms with Crippen molar-refractivity contribution in [3.63, 3.8) is 0 Å². The van der Waals surface area contributed by atoms with E-state index in [0.717, 1.165) is 24.3 Å². The molecule has 5 heteroatoms. The topological polar surface area (TPSA) is 43.4 Å². The highest BCUT2D eigenvalue weighted by molar-refractivity contribution is 7.80. The summed E-state index contributed by atoms with van der Waals surface area (Å²) in [5, 5.41) is 6.09. The van der Waals surface area contributed by atoms with E-state index in [-0.39, 0.29) is 0 Å². The molecule has 1 aromatic heterocycles. The second-order valence-electron chi connectivity index (χ2n) is 4.68.